The Kier molecular flexibility index (Phi) is 7.05. The summed E-state index contributed by atoms with van der Waals surface area (Å²) >= 11 is 0. The van der Waals surface area contributed by atoms with Gasteiger partial charge in [0.05, 0.1) is 11.4 Å². The second-order valence-electron chi connectivity index (χ2n) is 6.18. The molecular formula is C15H29N5O2S. The van der Waals surface area contributed by atoms with Crippen molar-refractivity contribution in [2.45, 2.75) is 32.7 Å². The van der Waals surface area contributed by atoms with Crippen LogP contribution in [-0.4, -0.2) is 61.7 Å². The lowest BCUT2D eigenvalue weighted by Gasteiger charge is -2.22. The molecule has 1 aromatic heterocycles. The maximum atomic E-state index is 11.1. The Morgan fingerprint density at radius 1 is 1.48 bits per heavy atom. The van der Waals surface area contributed by atoms with E-state index < -0.39 is 9.84 Å². The molecule has 0 aliphatic rings. The summed E-state index contributed by atoms with van der Waals surface area (Å²) in [5.74, 6) is 1.29. The molecule has 7 nitrogen and oxygen atoms in total. The highest BCUT2D eigenvalue weighted by atomic mass is 32.2. The highest BCUT2D eigenvalue weighted by Gasteiger charge is 2.15. The normalized spacial score (nSPS) is 12.7. The van der Waals surface area contributed by atoms with Crippen LogP contribution in [0.2, 0.25) is 0 Å². The van der Waals surface area contributed by atoms with E-state index in [1.807, 2.05) is 29.9 Å². The predicted octanol–water partition coefficient (Wildman–Crippen LogP) is 0.985. The number of hydrogen-bond acceptors (Lipinski definition) is 4. The van der Waals surface area contributed by atoms with Crippen LogP contribution in [0.5, 0.6) is 0 Å². The lowest BCUT2D eigenvalue weighted by atomic mass is 10.1. The molecule has 1 heterocycles. The Balaban J connectivity index is 2.62. The molecule has 1 aromatic rings. The van der Waals surface area contributed by atoms with Crippen molar-refractivity contribution in [3.63, 3.8) is 0 Å². The maximum absolute atomic E-state index is 11.1. The van der Waals surface area contributed by atoms with E-state index in [4.69, 9.17) is 0 Å². The zero-order chi connectivity index (χ0) is 17.6. The molecule has 0 fully saturated rings. The SMILES string of the molecule is CN=C(NCCCS(C)(=O)=O)N(C)Cc1cn(C)nc1C(C)C. The second kappa shape index (κ2) is 8.33. The van der Waals surface area contributed by atoms with Gasteiger partial charge in [-0.2, -0.15) is 5.10 Å². The summed E-state index contributed by atoms with van der Waals surface area (Å²) in [5, 5.41) is 7.72. The Morgan fingerprint density at radius 2 is 2.13 bits per heavy atom. The van der Waals surface area contributed by atoms with Crippen LogP contribution in [0.25, 0.3) is 0 Å². The minimum atomic E-state index is -2.91. The molecule has 0 saturated carbocycles. The number of aromatic nitrogens is 2. The van der Waals surface area contributed by atoms with Gasteiger partial charge in [0.25, 0.3) is 0 Å². The van der Waals surface area contributed by atoms with Crippen molar-refractivity contribution >= 4 is 15.8 Å². The van der Waals surface area contributed by atoms with Gasteiger partial charge in [-0.1, -0.05) is 13.8 Å². The molecule has 0 aromatic carbocycles. The fraction of sp³-hybridized carbons (Fsp3) is 0.733. The van der Waals surface area contributed by atoms with Gasteiger partial charge in [0.15, 0.2) is 5.96 Å². The van der Waals surface area contributed by atoms with E-state index in [1.54, 1.807) is 7.05 Å². The molecule has 0 bridgehead atoms. The molecule has 1 N–H and O–H groups in total. The van der Waals surface area contributed by atoms with Crippen molar-refractivity contribution in [1.82, 2.24) is 20.0 Å². The van der Waals surface area contributed by atoms with Crippen LogP contribution in [0.4, 0.5) is 0 Å². The van der Waals surface area contributed by atoms with Gasteiger partial charge in [-0.3, -0.25) is 9.67 Å². The summed E-state index contributed by atoms with van der Waals surface area (Å²) in [7, 11) is 2.70. The number of aryl methyl sites for hydroxylation is 1. The van der Waals surface area contributed by atoms with Crippen LogP contribution in [0, 0.1) is 0 Å². The van der Waals surface area contributed by atoms with Crippen LogP contribution in [0.3, 0.4) is 0 Å². The standard InChI is InChI=1S/C15H29N5O2S/c1-12(2)14-13(11-20(5)18-14)10-19(4)15(16-3)17-8-7-9-23(6,21)22/h11-12H,7-10H2,1-6H3,(H,16,17). The number of nitrogens with zero attached hydrogens (tertiary/aromatic N) is 4. The topological polar surface area (TPSA) is 79.6 Å². The molecule has 0 spiro atoms. The molecule has 0 amide bonds. The number of aliphatic imine (C=N–C) groups is 1. The summed E-state index contributed by atoms with van der Waals surface area (Å²) in [5.41, 5.74) is 2.26. The third-order valence-corrected chi connectivity index (χ3v) is 4.47. The lowest BCUT2D eigenvalue weighted by Crippen LogP contribution is -2.39. The van der Waals surface area contributed by atoms with Crippen molar-refractivity contribution in [3.8, 4) is 0 Å². The van der Waals surface area contributed by atoms with Gasteiger partial charge in [-0.25, -0.2) is 8.42 Å². The van der Waals surface area contributed by atoms with Crippen LogP contribution in [-0.2, 0) is 23.4 Å². The smallest absolute Gasteiger partial charge is 0.193 e. The Hall–Kier alpha value is -1.57. The van der Waals surface area contributed by atoms with Crippen LogP contribution >= 0.6 is 0 Å². The van der Waals surface area contributed by atoms with Crippen LogP contribution in [0.15, 0.2) is 11.2 Å². The Bertz CT molecular complexity index is 634. The van der Waals surface area contributed by atoms with Gasteiger partial charge in [0.1, 0.15) is 9.84 Å². The number of guanidine groups is 1. The van der Waals surface area contributed by atoms with E-state index in [2.05, 4.69) is 29.3 Å². The summed E-state index contributed by atoms with van der Waals surface area (Å²) in [6, 6.07) is 0. The van der Waals surface area contributed by atoms with E-state index >= 15 is 0 Å². The zero-order valence-electron chi connectivity index (χ0n) is 15.0. The van der Waals surface area contributed by atoms with E-state index in [1.165, 1.54) is 11.8 Å². The van der Waals surface area contributed by atoms with E-state index in [0.717, 1.165) is 11.7 Å². The maximum Gasteiger partial charge on any atom is 0.193 e. The average molecular weight is 343 g/mol. The minimum Gasteiger partial charge on any atom is -0.356 e. The molecule has 0 atom stereocenters. The van der Waals surface area contributed by atoms with Gasteiger partial charge in [-0.15, -0.1) is 0 Å². The number of sulfone groups is 1. The first-order chi connectivity index (χ1) is 10.6. The van der Waals surface area contributed by atoms with Crippen molar-refractivity contribution in [2.75, 3.05) is 32.6 Å². The first-order valence-electron chi connectivity index (χ1n) is 7.76. The fourth-order valence-corrected chi connectivity index (χ4v) is 3.08. The minimum absolute atomic E-state index is 0.181. The van der Waals surface area contributed by atoms with Crippen molar-refractivity contribution < 1.29 is 8.42 Å². The zero-order valence-corrected chi connectivity index (χ0v) is 15.8. The van der Waals surface area contributed by atoms with Crippen molar-refractivity contribution in [1.29, 1.82) is 0 Å². The fourth-order valence-electron chi connectivity index (χ4n) is 2.41. The molecule has 0 radical (unpaired) electrons. The molecule has 0 aliphatic heterocycles. The van der Waals surface area contributed by atoms with Crippen molar-refractivity contribution in [2.24, 2.45) is 12.0 Å². The summed E-state index contributed by atoms with van der Waals surface area (Å²) in [6.45, 7) is 5.54. The summed E-state index contributed by atoms with van der Waals surface area (Å²) in [6.07, 6.45) is 3.85. The molecule has 132 valence electrons. The molecule has 23 heavy (non-hydrogen) atoms. The number of nitrogens with one attached hydrogen (secondary N) is 1. The first kappa shape index (κ1) is 19.5. The highest BCUT2D eigenvalue weighted by molar-refractivity contribution is 7.90. The van der Waals surface area contributed by atoms with Crippen LogP contribution < -0.4 is 5.32 Å². The quantitative estimate of drug-likeness (QED) is 0.454. The van der Waals surface area contributed by atoms with Gasteiger partial charge >= 0.3 is 0 Å². The first-order valence-corrected chi connectivity index (χ1v) is 9.82. The largest absolute Gasteiger partial charge is 0.356 e. The third kappa shape index (κ3) is 6.60. The van der Waals surface area contributed by atoms with Gasteiger partial charge < -0.3 is 10.2 Å². The monoisotopic (exact) mass is 343 g/mol. The van der Waals surface area contributed by atoms with E-state index in [9.17, 15) is 8.42 Å². The average Bonchev–Trinajstić information content (AvgIpc) is 2.78. The predicted molar refractivity (Wildman–Crippen MR) is 94.5 cm³/mol. The summed E-state index contributed by atoms with van der Waals surface area (Å²) in [4.78, 5) is 6.27. The molecule has 0 aliphatic carbocycles. The highest BCUT2D eigenvalue weighted by Crippen LogP contribution is 2.18. The lowest BCUT2D eigenvalue weighted by molar-refractivity contribution is 0.473. The molecular weight excluding hydrogens is 314 g/mol. The molecule has 1 rings (SSSR count). The molecule has 0 saturated heterocycles. The third-order valence-electron chi connectivity index (χ3n) is 3.44. The molecule has 8 heteroatoms. The number of hydrogen-bond donors (Lipinski definition) is 1. The van der Waals surface area contributed by atoms with Gasteiger partial charge in [-0.05, 0) is 12.3 Å². The number of rotatable bonds is 7. The van der Waals surface area contributed by atoms with E-state index in [-0.39, 0.29) is 5.75 Å². The summed E-state index contributed by atoms with van der Waals surface area (Å²) < 4.78 is 24.1. The second-order valence-corrected chi connectivity index (χ2v) is 8.44. The van der Waals surface area contributed by atoms with Crippen molar-refractivity contribution in [3.05, 3.63) is 17.5 Å². The Labute approximate surface area is 139 Å². The van der Waals surface area contributed by atoms with Crippen LogP contribution in [0.1, 0.15) is 37.4 Å². The van der Waals surface area contributed by atoms with Gasteiger partial charge in [0.2, 0.25) is 0 Å². The Morgan fingerprint density at radius 3 is 2.65 bits per heavy atom. The van der Waals surface area contributed by atoms with E-state index in [0.29, 0.717) is 25.4 Å². The molecule has 0 unspecified atom stereocenters. The van der Waals surface area contributed by atoms with Gasteiger partial charge in [0, 0.05) is 52.2 Å².